The van der Waals surface area contributed by atoms with E-state index in [4.69, 9.17) is 19.2 Å². The van der Waals surface area contributed by atoms with Crippen LogP contribution < -0.4 is 14.2 Å². The number of benzene rings is 2. The van der Waals surface area contributed by atoms with Gasteiger partial charge in [-0.05, 0) is 81.3 Å². The van der Waals surface area contributed by atoms with Crippen molar-refractivity contribution in [1.82, 2.24) is 19.5 Å². The number of ether oxygens (including phenoxy) is 3. The smallest absolute Gasteiger partial charge is 0.240 e. The molecule has 2 aromatic carbocycles. The van der Waals surface area contributed by atoms with E-state index in [-0.39, 0.29) is 61.8 Å². The van der Waals surface area contributed by atoms with E-state index in [1.807, 2.05) is 47.4 Å². The molecule has 3 aliphatic heterocycles. The van der Waals surface area contributed by atoms with Crippen LogP contribution in [0.3, 0.4) is 0 Å². The van der Waals surface area contributed by atoms with Crippen LogP contribution in [-0.2, 0) is 40.4 Å². The highest BCUT2D eigenvalue weighted by atomic mass is 32.2. The van der Waals surface area contributed by atoms with Crippen LogP contribution >= 0.6 is 0 Å². The molecule has 336 valence electrons. The molecule has 3 aliphatic carbocycles. The number of methoxy groups -OCH3 is 1. The molecular formula is C49H60N4O9S. The first-order valence-corrected chi connectivity index (χ1v) is 24.7. The van der Waals surface area contributed by atoms with E-state index >= 15 is 4.79 Å². The lowest BCUT2D eigenvalue weighted by Crippen LogP contribution is -2.49. The number of carbonyl (C=O) groups is 4. The molecule has 4 heterocycles. The van der Waals surface area contributed by atoms with Crippen molar-refractivity contribution in [2.75, 3.05) is 33.4 Å². The zero-order chi connectivity index (χ0) is 43.9. The van der Waals surface area contributed by atoms with E-state index in [0.29, 0.717) is 61.7 Å². The maximum atomic E-state index is 15.3. The van der Waals surface area contributed by atoms with Crippen molar-refractivity contribution in [2.45, 2.75) is 120 Å². The summed E-state index contributed by atoms with van der Waals surface area (Å²) in [5.41, 5.74) is 1.93. The predicted octanol–water partition coefficient (Wildman–Crippen LogP) is 6.56. The molecule has 5 fully saturated rings. The summed E-state index contributed by atoms with van der Waals surface area (Å²) in [6, 6.07) is 14.7. The van der Waals surface area contributed by atoms with Crippen molar-refractivity contribution in [3.8, 4) is 22.8 Å². The van der Waals surface area contributed by atoms with Gasteiger partial charge in [0.1, 0.15) is 17.6 Å². The van der Waals surface area contributed by atoms with Gasteiger partial charge in [-0.25, -0.2) is 13.4 Å². The van der Waals surface area contributed by atoms with Gasteiger partial charge in [0.05, 0.1) is 47.7 Å². The fraction of sp³-hybridized carbons (Fsp3) is 0.571. The van der Waals surface area contributed by atoms with Gasteiger partial charge >= 0.3 is 0 Å². The van der Waals surface area contributed by atoms with Crippen LogP contribution in [0, 0.1) is 23.2 Å². The molecule has 6 atom stereocenters. The molecule has 0 spiro atoms. The zero-order valence-electron chi connectivity index (χ0n) is 36.3. The summed E-state index contributed by atoms with van der Waals surface area (Å²) in [4.78, 5) is 67.0. The molecule has 63 heavy (non-hydrogen) atoms. The third-order valence-corrected chi connectivity index (χ3v) is 16.4. The Balaban J connectivity index is 1.11. The Hall–Kier alpha value is -4.82. The van der Waals surface area contributed by atoms with Crippen molar-refractivity contribution in [1.29, 1.82) is 0 Å². The number of fused-ring (bicyclic) bond motifs is 5. The number of nitrogens with zero attached hydrogens (tertiary/aromatic N) is 3. The van der Waals surface area contributed by atoms with Gasteiger partial charge in [-0.3, -0.25) is 23.9 Å². The van der Waals surface area contributed by atoms with E-state index in [0.717, 1.165) is 67.9 Å². The van der Waals surface area contributed by atoms with Gasteiger partial charge in [-0.1, -0.05) is 55.7 Å². The van der Waals surface area contributed by atoms with Crippen molar-refractivity contribution in [3.05, 3.63) is 66.7 Å². The third-order valence-electron chi connectivity index (χ3n) is 14.6. The quantitative estimate of drug-likeness (QED) is 0.221. The monoisotopic (exact) mass is 880 g/mol. The topological polar surface area (TPSA) is 162 Å². The summed E-state index contributed by atoms with van der Waals surface area (Å²) in [5.74, 6) is -1.15. The molecule has 1 N–H and O–H groups in total. The molecular weight excluding hydrogens is 821 g/mol. The molecule has 3 saturated carbocycles. The second-order valence-electron chi connectivity index (χ2n) is 18.8. The van der Waals surface area contributed by atoms with Gasteiger partial charge in [0.2, 0.25) is 27.7 Å². The summed E-state index contributed by atoms with van der Waals surface area (Å²) in [7, 11) is -2.22. The van der Waals surface area contributed by atoms with Crippen LogP contribution in [0.5, 0.6) is 11.5 Å². The Bertz CT molecular complexity index is 2360. The number of rotatable bonds is 10. The first-order valence-electron chi connectivity index (χ1n) is 23.1. The van der Waals surface area contributed by atoms with Crippen LogP contribution in [0.25, 0.3) is 22.2 Å². The molecule has 1 aromatic heterocycles. The normalized spacial score (nSPS) is 28.4. The number of aryl methyl sites for hydroxylation is 1. The Morgan fingerprint density at radius 1 is 0.984 bits per heavy atom. The fourth-order valence-corrected chi connectivity index (χ4v) is 12.1. The number of sulfonamides is 1. The SMILES string of the molecule is C=C[C@H]1C[C@]1(CC(=O)[C@@H]1C[C@@H]2CN1C(=O)[C@H](C1CCCCC1)CC(=O)N1CCC[C@@H](C1)OCCCc1cc3c(cc(-c4ccccc4)nc3cc1OC)O2)C(=O)NS(=O)(=O)C1CC1. The second-order valence-corrected chi connectivity index (χ2v) is 20.8. The molecule has 9 rings (SSSR count). The Kier molecular flexibility index (Phi) is 12.4. The molecule has 13 nitrogen and oxygen atoms in total. The van der Waals surface area contributed by atoms with Crippen LogP contribution in [-0.4, -0.2) is 104 Å². The molecule has 3 aromatic rings. The minimum Gasteiger partial charge on any atom is -0.496 e. The summed E-state index contributed by atoms with van der Waals surface area (Å²) >= 11 is 0. The molecule has 6 aliphatic rings. The second kappa shape index (κ2) is 18.0. The largest absolute Gasteiger partial charge is 0.496 e. The lowest BCUT2D eigenvalue weighted by molar-refractivity contribution is -0.148. The standard InChI is InChI=1S/C49H60N4O9S/c1-3-34-27-49(34,48(57)51-63(58,59)37-18-19-37)28-43(54)42-23-36-30-53(42)47(56)38(31-12-6-4-7-13-31)24-46(55)52-20-10-17-35(29-52)61-21-11-16-33-22-39-41(26-44(33)60-2)50-40(25-45(39)62-36)32-14-8-5-9-15-32/h3,5,8-9,14-15,22,25-26,31,34-38,42H,1,4,6-7,10-13,16-21,23-24,27-30H2,2H3,(H,51,57)/t34-,35-,36+,38-,42-,49+/m0/s1. The van der Waals surface area contributed by atoms with E-state index in [1.54, 1.807) is 18.1 Å². The average Bonchev–Trinajstić information content (AvgIpc) is 4.23. The minimum absolute atomic E-state index is 0.0267. The molecule has 0 unspecified atom stereocenters. The molecule has 3 amide bonds. The van der Waals surface area contributed by atoms with Gasteiger partial charge in [-0.15, -0.1) is 6.58 Å². The van der Waals surface area contributed by atoms with Crippen molar-refractivity contribution in [2.24, 2.45) is 23.2 Å². The maximum absolute atomic E-state index is 15.3. The Morgan fingerprint density at radius 3 is 2.51 bits per heavy atom. The highest BCUT2D eigenvalue weighted by molar-refractivity contribution is 7.90. The van der Waals surface area contributed by atoms with Gasteiger partial charge in [0.25, 0.3) is 0 Å². The molecule has 2 saturated heterocycles. The maximum Gasteiger partial charge on any atom is 0.240 e. The summed E-state index contributed by atoms with van der Waals surface area (Å²) < 4.78 is 47.5. The van der Waals surface area contributed by atoms with Crippen molar-refractivity contribution < 1.29 is 41.8 Å². The highest BCUT2D eigenvalue weighted by Gasteiger charge is 2.61. The predicted molar refractivity (Wildman–Crippen MR) is 237 cm³/mol. The average molecular weight is 881 g/mol. The molecule has 14 heteroatoms. The fourth-order valence-electron chi connectivity index (χ4n) is 10.8. The number of piperidine rings is 1. The van der Waals surface area contributed by atoms with Gasteiger partial charge in [-0.2, -0.15) is 0 Å². The van der Waals surface area contributed by atoms with E-state index < -0.39 is 50.6 Å². The number of amides is 3. The van der Waals surface area contributed by atoms with E-state index in [1.165, 1.54) is 0 Å². The molecule has 6 bridgehead atoms. The highest BCUT2D eigenvalue weighted by Crippen LogP contribution is 2.57. The minimum atomic E-state index is -3.87. The van der Waals surface area contributed by atoms with Crippen LogP contribution in [0.2, 0.25) is 0 Å². The number of Topliss-reactive ketones (excluding diaryl/α,β-unsaturated/α-hetero) is 1. The number of allylic oxidation sites excluding steroid dienone is 1. The van der Waals surface area contributed by atoms with Crippen molar-refractivity contribution in [3.63, 3.8) is 0 Å². The zero-order valence-corrected chi connectivity index (χ0v) is 37.1. The number of pyridine rings is 1. The van der Waals surface area contributed by atoms with Crippen molar-refractivity contribution >= 4 is 44.4 Å². The Labute approximate surface area is 370 Å². The lowest BCUT2D eigenvalue weighted by Gasteiger charge is -2.37. The first kappa shape index (κ1) is 43.4. The van der Waals surface area contributed by atoms with Crippen LogP contribution in [0.4, 0.5) is 0 Å². The van der Waals surface area contributed by atoms with Gasteiger partial charge in [0, 0.05) is 68.0 Å². The van der Waals surface area contributed by atoms with Crippen LogP contribution in [0.15, 0.2) is 61.2 Å². The summed E-state index contributed by atoms with van der Waals surface area (Å²) in [6.07, 6.45) is 9.78. The Morgan fingerprint density at radius 2 is 1.78 bits per heavy atom. The molecule has 0 radical (unpaired) electrons. The number of nitrogens with one attached hydrogen (secondary N) is 1. The summed E-state index contributed by atoms with van der Waals surface area (Å²) in [6.45, 7) is 5.59. The van der Waals surface area contributed by atoms with Gasteiger partial charge in [0.15, 0.2) is 5.78 Å². The number of ketones is 1. The lowest BCUT2D eigenvalue weighted by atomic mass is 9.77. The summed E-state index contributed by atoms with van der Waals surface area (Å²) in [5, 5.41) is 0.162. The number of carbonyl (C=O) groups excluding carboxylic acids is 4. The first-order chi connectivity index (χ1) is 30.5. The van der Waals surface area contributed by atoms with E-state index in [9.17, 15) is 22.8 Å². The third kappa shape index (κ3) is 9.12. The number of hydrogen-bond donors (Lipinski definition) is 1. The van der Waals surface area contributed by atoms with Gasteiger partial charge < -0.3 is 24.0 Å². The number of hydrogen-bond acceptors (Lipinski definition) is 10. The van der Waals surface area contributed by atoms with Crippen LogP contribution in [0.1, 0.15) is 95.5 Å². The number of aromatic nitrogens is 1. The van der Waals surface area contributed by atoms with E-state index in [2.05, 4.69) is 17.4 Å².